The molecule has 2 rings (SSSR count). The monoisotopic (exact) mass is 277 g/mol. The van der Waals surface area contributed by atoms with Gasteiger partial charge in [0, 0.05) is 18.3 Å². The minimum Gasteiger partial charge on any atom is -0.465 e. The van der Waals surface area contributed by atoms with E-state index in [0.717, 1.165) is 22.9 Å². The first-order valence-corrected chi connectivity index (χ1v) is 6.73. The normalized spacial score (nSPS) is 10.3. The number of ether oxygens (including phenoxy) is 1. The molecule has 0 unspecified atom stereocenters. The summed E-state index contributed by atoms with van der Waals surface area (Å²) in [5, 5.41) is 3.94. The Bertz CT molecular complexity index is 595. The molecular weight excluding hydrogens is 262 g/mol. The van der Waals surface area contributed by atoms with Gasteiger partial charge in [0.2, 0.25) is 0 Å². The van der Waals surface area contributed by atoms with Crippen molar-refractivity contribution in [2.24, 2.45) is 0 Å². The third-order valence-corrected chi connectivity index (χ3v) is 3.72. The van der Waals surface area contributed by atoms with Gasteiger partial charge in [-0.05, 0) is 26.0 Å². The predicted molar refractivity (Wildman–Crippen MR) is 75.6 cm³/mol. The summed E-state index contributed by atoms with van der Waals surface area (Å²) in [5.41, 5.74) is 1.63. The Balaban J connectivity index is 2.36. The second kappa shape index (κ2) is 5.79. The van der Waals surface area contributed by atoms with Crippen LogP contribution in [0.2, 0.25) is 0 Å². The van der Waals surface area contributed by atoms with Crippen molar-refractivity contribution in [3.8, 4) is 10.6 Å². The van der Waals surface area contributed by atoms with Crippen LogP contribution < -0.4 is 5.32 Å². The van der Waals surface area contributed by atoms with E-state index in [1.54, 1.807) is 13.1 Å². The second-order valence-corrected chi connectivity index (χ2v) is 4.88. The number of carbonyl (C=O) groups is 1. The number of hydrogen-bond donors (Lipinski definition) is 1. The van der Waals surface area contributed by atoms with Gasteiger partial charge < -0.3 is 10.1 Å². The van der Waals surface area contributed by atoms with Crippen LogP contribution in [0, 0.1) is 6.92 Å². The van der Waals surface area contributed by atoms with Gasteiger partial charge in [-0.3, -0.25) is 0 Å². The zero-order chi connectivity index (χ0) is 13.8. The summed E-state index contributed by atoms with van der Waals surface area (Å²) in [6.07, 6.45) is 1.72. The molecule has 0 aliphatic rings. The van der Waals surface area contributed by atoms with E-state index in [-0.39, 0.29) is 5.97 Å². The molecule has 0 radical (unpaired) electrons. The standard InChI is InChI=1S/C13H15N3O2S/c1-4-14-10-7-9(5-6-15-10)12-16-8(2)11(19-12)13(17)18-3/h5-7H,4H2,1-3H3,(H,14,15). The van der Waals surface area contributed by atoms with Crippen LogP contribution in [0.1, 0.15) is 22.3 Å². The Labute approximate surface area is 115 Å². The molecule has 0 aromatic carbocycles. The van der Waals surface area contributed by atoms with Crippen molar-refractivity contribution in [1.29, 1.82) is 0 Å². The molecule has 19 heavy (non-hydrogen) atoms. The highest BCUT2D eigenvalue weighted by Crippen LogP contribution is 2.29. The second-order valence-electron chi connectivity index (χ2n) is 3.89. The Kier molecular flexibility index (Phi) is 4.11. The number of rotatable bonds is 4. The van der Waals surface area contributed by atoms with Gasteiger partial charge in [-0.25, -0.2) is 14.8 Å². The van der Waals surface area contributed by atoms with Crippen LogP contribution in [0.3, 0.4) is 0 Å². The molecule has 2 aromatic heterocycles. The third kappa shape index (κ3) is 2.90. The Hall–Kier alpha value is -1.95. The van der Waals surface area contributed by atoms with Crippen LogP contribution >= 0.6 is 11.3 Å². The molecule has 2 aromatic rings. The average molecular weight is 277 g/mol. The molecule has 0 amide bonds. The molecule has 0 saturated carbocycles. The van der Waals surface area contributed by atoms with Crippen LogP contribution in [-0.4, -0.2) is 29.6 Å². The Morgan fingerprint density at radius 2 is 2.32 bits per heavy atom. The van der Waals surface area contributed by atoms with E-state index in [1.807, 2.05) is 19.1 Å². The first kappa shape index (κ1) is 13.5. The molecule has 0 fully saturated rings. The fraction of sp³-hybridized carbons (Fsp3) is 0.308. The fourth-order valence-corrected chi connectivity index (χ4v) is 2.62. The highest BCUT2D eigenvalue weighted by atomic mass is 32.1. The molecule has 5 nitrogen and oxygen atoms in total. The molecule has 0 aliphatic carbocycles. The molecule has 100 valence electrons. The van der Waals surface area contributed by atoms with Crippen molar-refractivity contribution in [1.82, 2.24) is 9.97 Å². The molecule has 2 heterocycles. The van der Waals surface area contributed by atoms with E-state index < -0.39 is 0 Å². The van der Waals surface area contributed by atoms with Gasteiger partial charge in [-0.15, -0.1) is 11.3 Å². The van der Waals surface area contributed by atoms with Crippen molar-refractivity contribution in [2.45, 2.75) is 13.8 Å². The summed E-state index contributed by atoms with van der Waals surface area (Å²) in [6, 6.07) is 3.79. The summed E-state index contributed by atoms with van der Waals surface area (Å²) in [7, 11) is 1.37. The third-order valence-electron chi connectivity index (χ3n) is 2.53. The lowest BCUT2D eigenvalue weighted by Gasteiger charge is -2.02. The largest absolute Gasteiger partial charge is 0.465 e. The smallest absolute Gasteiger partial charge is 0.349 e. The van der Waals surface area contributed by atoms with Gasteiger partial charge in [0.25, 0.3) is 0 Å². The number of aryl methyl sites for hydroxylation is 1. The maximum absolute atomic E-state index is 11.6. The SMILES string of the molecule is CCNc1cc(-c2nc(C)c(C(=O)OC)s2)ccn1. The molecule has 0 aliphatic heterocycles. The van der Waals surface area contributed by atoms with E-state index in [1.165, 1.54) is 18.4 Å². The van der Waals surface area contributed by atoms with Crippen LogP contribution in [0.25, 0.3) is 10.6 Å². The molecule has 0 atom stereocenters. The van der Waals surface area contributed by atoms with E-state index >= 15 is 0 Å². The average Bonchev–Trinajstić information content (AvgIpc) is 2.81. The van der Waals surface area contributed by atoms with E-state index in [4.69, 9.17) is 4.74 Å². The van der Waals surface area contributed by atoms with Crippen LogP contribution in [0.4, 0.5) is 5.82 Å². The summed E-state index contributed by atoms with van der Waals surface area (Å²) < 4.78 is 4.74. The fourth-order valence-electron chi connectivity index (χ4n) is 1.64. The maximum Gasteiger partial charge on any atom is 0.349 e. The number of methoxy groups -OCH3 is 1. The summed E-state index contributed by atoms with van der Waals surface area (Å²) in [6.45, 7) is 4.62. The van der Waals surface area contributed by atoms with Crippen LogP contribution in [0.15, 0.2) is 18.3 Å². The molecule has 0 bridgehead atoms. The number of nitrogens with zero attached hydrogens (tertiary/aromatic N) is 2. The Morgan fingerprint density at radius 1 is 1.53 bits per heavy atom. The van der Waals surface area contributed by atoms with Crippen LogP contribution in [-0.2, 0) is 4.74 Å². The number of pyridine rings is 1. The van der Waals surface area contributed by atoms with Crippen molar-refractivity contribution >= 4 is 23.1 Å². The van der Waals surface area contributed by atoms with Gasteiger partial charge >= 0.3 is 5.97 Å². The van der Waals surface area contributed by atoms with Gasteiger partial charge in [-0.1, -0.05) is 0 Å². The number of anilines is 1. The van der Waals surface area contributed by atoms with Crippen molar-refractivity contribution in [3.05, 3.63) is 28.9 Å². The van der Waals surface area contributed by atoms with E-state index in [2.05, 4.69) is 15.3 Å². The number of hydrogen-bond acceptors (Lipinski definition) is 6. The number of esters is 1. The number of carbonyl (C=O) groups excluding carboxylic acids is 1. The number of nitrogens with one attached hydrogen (secondary N) is 1. The van der Waals surface area contributed by atoms with Crippen LogP contribution in [0.5, 0.6) is 0 Å². The summed E-state index contributed by atoms with van der Waals surface area (Å²) >= 11 is 1.33. The quantitative estimate of drug-likeness (QED) is 0.870. The van der Waals surface area contributed by atoms with E-state index in [0.29, 0.717) is 10.6 Å². The topological polar surface area (TPSA) is 64.1 Å². The maximum atomic E-state index is 11.6. The molecule has 1 N–H and O–H groups in total. The van der Waals surface area contributed by atoms with Crippen molar-refractivity contribution in [3.63, 3.8) is 0 Å². The van der Waals surface area contributed by atoms with Gasteiger partial charge in [0.15, 0.2) is 0 Å². The molecule has 0 saturated heterocycles. The number of aromatic nitrogens is 2. The zero-order valence-corrected chi connectivity index (χ0v) is 11.9. The van der Waals surface area contributed by atoms with Gasteiger partial charge in [0.05, 0.1) is 12.8 Å². The highest BCUT2D eigenvalue weighted by molar-refractivity contribution is 7.17. The minimum atomic E-state index is -0.345. The Morgan fingerprint density at radius 3 is 3.00 bits per heavy atom. The first-order valence-electron chi connectivity index (χ1n) is 5.91. The number of thiazole rings is 1. The van der Waals surface area contributed by atoms with Crippen molar-refractivity contribution < 1.29 is 9.53 Å². The van der Waals surface area contributed by atoms with E-state index in [9.17, 15) is 4.79 Å². The van der Waals surface area contributed by atoms with Crippen molar-refractivity contribution in [2.75, 3.05) is 19.0 Å². The molecular formula is C13H15N3O2S. The predicted octanol–water partition coefficient (Wildman–Crippen LogP) is 2.73. The van der Waals surface area contributed by atoms with Gasteiger partial charge in [0.1, 0.15) is 15.7 Å². The lowest BCUT2D eigenvalue weighted by atomic mass is 10.2. The lowest BCUT2D eigenvalue weighted by molar-refractivity contribution is 0.0605. The highest BCUT2D eigenvalue weighted by Gasteiger charge is 2.16. The first-order chi connectivity index (χ1) is 9.15. The lowest BCUT2D eigenvalue weighted by Crippen LogP contribution is -1.99. The minimum absolute atomic E-state index is 0.345. The summed E-state index contributed by atoms with van der Waals surface area (Å²) in [4.78, 5) is 20.7. The molecule has 0 spiro atoms. The molecule has 6 heteroatoms. The summed E-state index contributed by atoms with van der Waals surface area (Å²) in [5.74, 6) is 0.453. The zero-order valence-electron chi connectivity index (χ0n) is 11.1. The van der Waals surface area contributed by atoms with Gasteiger partial charge in [-0.2, -0.15) is 0 Å².